The molecule has 5 rings (SSSR count). The summed E-state index contributed by atoms with van der Waals surface area (Å²) in [5, 5.41) is 2.22. The Morgan fingerprint density at radius 3 is 2.39 bits per heavy atom. The molecule has 194 valence electrons. The number of hydrogen-bond acceptors (Lipinski definition) is 5. The number of carbonyl (C=O) groups is 1. The quantitative estimate of drug-likeness (QED) is 0.273. The third kappa shape index (κ3) is 5.19. The molecule has 0 unspecified atom stereocenters. The molecule has 1 amide bonds. The van der Waals surface area contributed by atoms with Gasteiger partial charge in [-0.2, -0.15) is 9.30 Å². The highest BCUT2D eigenvalue weighted by Crippen LogP contribution is 2.27. The third-order valence-corrected chi connectivity index (χ3v) is 9.29. The van der Waals surface area contributed by atoms with Crippen molar-refractivity contribution < 1.29 is 17.9 Å². The number of benzene rings is 4. The average Bonchev–Trinajstić information content (AvgIpc) is 3.29. The van der Waals surface area contributed by atoms with Gasteiger partial charge in [-0.05, 0) is 41.3 Å². The number of hydrogen-bond donors (Lipinski definition) is 0. The normalized spacial score (nSPS) is 12.6. The fourth-order valence-corrected chi connectivity index (χ4v) is 6.66. The van der Waals surface area contributed by atoms with E-state index in [1.54, 1.807) is 14.2 Å². The van der Waals surface area contributed by atoms with Crippen LogP contribution in [0.25, 0.3) is 21.0 Å². The molecule has 0 aliphatic carbocycles. The summed E-state index contributed by atoms with van der Waals surface area (Å²) in [7, 11) is -0.538. The van der Waals surface area contributed by atoms with Gasteiger partial charge in [-0.3, -0.25) is 4.79 Å². The number of nitrogens with zero attached hydrogens (tertiary/aromatic N) is 3. The maximum atomic E-state index is 13.2. The van der Waals surface area contributed by atoms with Crippen LogP contribution in [0.15, 0.2) is 101 Å². The fraction of sp³-hybridized carbons (Fsp3) is 0.172. The second-order valence-corrected chi connectivity index (χ2v) is 11.9. The van der Waals surface area contributed by atoms with Crippen molar-refractivity contribution in [1.29, 1.82) is 0 Å². The van der Waals surface area contributed by atoms with Crippen molar-refractivity contribution in [3.05, 3.63) is 107 Å². The average molecular weight is 546 g/mol. The number of carbonyl (C=O) groups excluding carboxylic acids is 1. The summed E-state index contributed by atoms with van der Waals surface area (Å²) in [5.74, 6) is -0.436. The lowest BCUT2D eigenvalue weighted by atomic mass is 10.1. The number of ether oxygens (including phenoxy) is 1. The summed E-state index contributed by atoms with van der Waals surface area (Å²) in [6.07, 6.45) is 0. The molecule has 0 fully saturated rings. The first kappa shape index (κ1) is 26.0. The van der Waals surface area contributed by atoms with Gasteiger partial charge in [0.25, 0.3) is 5.91 Å². The van der Waals surface area contributed by atoms with Crippen LogP contribution < -0.4 is 4.80 Å². The molecule has 0 atom stereocenters. The van der Waals surface area contributed by atoms with E-state index in [1.165, 1.54) is 39.9 Å². The fourth-order valence-electron chi connectivity index (χ4n) is 4.31. The number of amides is 1. The standard InChI is InChI=1S/C29H27N3O4S2/c1-31(20-21-8-4-3-5-9-21)38(34,35)24-15-12-23(13-16-24)28(33)30-29-32(18-19-36-2)26-17-14-22-10-6-7-11-25(22)27(26)37-29/h3-17H,18-20H2,1-2H3. The molecular formula is C29H27N3O4S2. The molecule has 1 heterocycles. The smallest absolute Gasteiger partial charge is 0.279 e. The van der Waals surface area contributed by atoms with Crippen LogP contribution in [0.1, 0.15) is 15.9 Å². The Kier molecular flexibility index (Phi) is 7.53. The van der Waals surface area contributed by atoms with E-state index in [0.29, 0.717) is 23.5 Å². The van der Waals surface area contributed by atoms with Crippen LogP contribution in [0.3, 0.4) is 0 Å². The van der Waals surface area contributed by atoms with Gasteiger partial charge in [0.05, 0.1) is 21.7 Å². The lowest BCUT2D eigenvalue weighted by Gasteiger charge is -2.17. The van der Waals surface area contributed by atoms with E-state index in [9.17, 15) is 13.2 Å². The van der Waals surface area contributed by atoms with Crippen molar-refractivity contribution in [2.24, 2.45) is 4.99 Å². The van der Waals surface area contributed by atoms with Crippen LogP contribution in [0.5, 0.6) is 0 Å². The van der Waals surface area contributed by atoms with Crippen molar-refractivity contribution in [2.75, 3.05) is 20.8 Å². The van der Waals surface area contributed by atoms with Crippen LogP contribution in [0.4, 0.5) is 0 Å². The van der Waals surface area contributed by atoms with Gasteiger partial charge in [-0.25, -0.2) is 8.42 Å². The predicted molar refractivity (Wildman–Crippen MR) is 151 cm³/mol. The Balaban J connectivity index is 1.46. The number of sulfonamides is 1. The van der Waals surface area contributed by atoms with Gasteiger partial charge >= 0.3 is 0 Å². The molecule has 0 saturated carbocycles. The number of fused-ring (bicyclic) bond motifs is 3. The third-order valence-electron chi connectivity index (χ3n) is 6.35. The minimum Gasteiger partial charge on any atom is -0.383 e. The molecule has 5 aromatic rings. The molecule has 0 aliphatic heterocycles. The van der Waals surface area contributed by atoms with E-state index in [4.69, 9.17) is 4.74 Å². The second-order valence-electron chi connectivity index (χ2n) is 8.85. The largest absolute Gasteiger partial charge is 0.383 e. The van der Waals surface area contributed by atoms with Gasteiger partial charge in [0.1, 0.15) is 0 Å². The SMILES string of the molecule is COCCn1c(=NC(=O)c2ccc(S(=O)(=O)N(C)Cc3ccccc3)cc2)sc2c3ccccc3ccc21. The van der Waals surface area contributed by atoms with E-state index in [-0.39, 0.29) is 11.4 Å². The monoisotopic (exact) mass is 545 g/mol. The minimum absolute atomic E-state index is 0.121. The lowest BCUT2D eigenvalue weighted by molar-refractivity contribution is 0.0997. The number of aromatic nitrogens is 1. The zero-order valence-electron chi connectivity index (χ0n) is 21.1. The topological polar surface area (TPSA) is 81.0 Å². The van der Waals surface area contributed by atoms with Gasteiger partial charge in [0, 0.05) is 38.2 Å². The Bertz CT molecular complexity index is 1770. The lowest BCUT2D eigenvalue weighted by Crippen LogP contribution is -2.26. The molecule has 7 nitrogen and oxygen atoms in total. The molecule has 1 aromatic heterocycles. The number of rotatable bonds is 8. The zero-order chi connectivity index (χ0) is 26.7. The Morgan fingerprint density at radius 2 is 1.66 bits per heavy atom. The second kappa shape index (κ2) is 11.0. The van der Waals surface area contributed by atoms with Gasteiger partial charge in [-0.1, -0.05) is 72.0 Å². The Hall–Kier alpha value is -3.63. The molecule has 0 bridgehead atoms. The highest BCUT2D eigenvalue weighted by Gasteiger charge is 2.21. The Labute approximate surface area is 225 Å². The molecule has 0 spiro atoms. The number of methoxy groups -OCH3 is 1. The molecule has 9 heteroatoms. The van der Waals surface area contributed by atoms with E-state index >= 15 is 0 Å². The van der Waals surface area contributed by atoms with E-state index in [0.717, 1.165) is 26.6 Å². The summed E-state index contributed by atoms with van der Waals surface area (Å²) in [5.41, 5.74) is 2.19. The summed E-state index contributed by atoms with van der Waals surface area (Å²) in [4.78, 5) is 18.3. The number of thiazole rings is 1. The van der Waals surface area contributed by atoms with Crippen LogP contribution in [0, 0.1) is 0 Å². The molecular weight excluding hydrogens is 518 g/mol. The van der Waals surface area contributed by atoms with Crippen LogP contribution >= 0.6 is 11.3 Å². The minimum atomic E-state index is -3.72. The molecule has 0 saturated heterocycles. The maximum Gasteiger partial charge on any atom is 0.279 e. The van der Waals surface area contributed by atoms with E-state index < -0.39 is 15.9 Å². The van der Waals surface area contributed by atoms with Gasteiger partial charge < -0.3 is 9.30 Å². The molecule has 0 aliphatic rings. The Morgan fingerprint density at radius 1 is 0.947 bits per heavy atom. The van der Waals surface area contributed by atoms with Crippen LogP contribution in [0.2, 0.25) is 0 Å². The molecule has 4 aromatic carbocycles. The van der Waals surface area contributed by atoms with Crippen molar-refractivity contribution in [1.82, 2.24) is 8.87 Å². The van der Waals surface area contributed by atoms with Crippen LogP contribution in [-0.2, 0) is 27.8 Å². The highest BCUT2D eigenvalue weighted by molar-refractivity contribution is 7.89. The van der Waals surface area contributed by atoms with Crippen molar-refractivity contribution in [2.45, 2.75) is 18.0 Å². The van der Waals surface area contributed by atoms with Crippen molar-refractivity contribution >= 4 is 48.3 Å². The predicted octanol–water partition coefficient (Wildman–Crippen LogP) is 5.06. The molecule has 0 N–H and O–H groups in total. The first-order valence-corrected chi connectivity index (χ1v) is 14.3. The van der Waals surface area contributed by atoms with E-state index in [1.807, 2.05) is 53.1 Å². The highest BCUT2D eigenvalue weighted by atomic mass is 32.2. The van der Waals surface area contributed by atoms with E-state index in [2.05, 4.69) is 23.2 Å². The zero-order valence-corrected chi connectivity index (χ0v) is 22.7. The molecule has 38 heavy (non-hydrogen) atoms. The summed E-state index contributed by atoms with van der Waals surface area (Å²) >= 11 is 1.46. The first-order chi connectivity index (χ1) is 18.4. The summed E-state index contributed by atoms with van der Waals surface area (Å²) in [6, 6.07) is 27.5. The van der Waals surface area contributed by atoms with Crippen molar-refractivity contribution in [3.8, 4) is 0 Å². The van der Waals surface area contributed by atoms with Crippen LogP contribution in [-0.4, -0.2) is 44.0 Å². The summed E-state index contributed by atoms with van der Waals surface area (Å²) < 4.78 is 35.8. The van der Waals surface area contributed by atoms with Gasteiger partial charge in [-0.15, -0.1) is 0 Å². The van der Waals surface area contributed by atoms with Crippen molar-refractivity contribution in [3.63, 3.8) is 0 Å². The molecule has 0 radical (unpaired) electrons. The summed E-state index contributed by atoms with van der Waals surface area (Å²) in [6.45, 7) is 1.27. The van der Waals surface area contributed by atoms with Gasteiger partial charge in [0.2, 0.25) is 10.0 Å². The first-order valence-electron chi connectivity index (χ1n) is 12.1. The van der Waals surface area contributed by atoms with Gasteiger partial charge in [0.15, 0.2) is 4.80 Å². The maximum absolute atomic E-state index is 13.2.